The lowest BCUT2D eigenvalue weighted by molar-refractivity contribution is 0.730. The maximum Gasteiger partial charge on any atom is 0.171 e. The summed E-state index contributed by atoms with van der Waals surface area (Å²) >= 11 is 5.33. The fourth-order valence-corrected chi connectivity index (χ4v) is 3.08. The number of aromatic nitrogens is 1. The van der Waals surface area contributed by atoms with Gasteiger partial charge in [0.1, 0.15) is 5.82 Å². The zero-order valence-corrected chi connectivity index (χ0v) is 14.2. The molecule has 23 heavy (non-hydrogen) atoms. The summed E-state index contributed by atoms with van der Waals surface area (Å²) < 4.78 is 0. The molecule has 0 saturated carbocycles. The predicted octanol–water partition coefficient (Wildman–Crippen LogP) is 3.13. The van der Waals surface area contributed by atoms with E-state index in [2.05, 4.69) is 44.8 Å². The van der Waals surface area contributed by atoms with Crippen LogP contribution in [0.4, 0.5) is 11.5 Å². The molecule has 4 nitrogen and oxygen atoms in total. The van der Waals surface area contributed by atoms with Gasteiger partial charge in [-0.3, -0.25) is 0 Å². The monoisotopic (exact) mass is 326 g/mol. The van der Waals surface area contributed by atoms with Crippen molar-refractivity contribution in [2.45, 2.75) is 19.8 Å². The van der Waals surface area contributed by atoms with Gasteiger partial charge >= 0.3 is 0 Å². The van der Waals surface area contributed by atoms with Gasteiger partial charge in [0.05, 0.1) is 0 Å². The Morgan fingerprint density at radius 1 is 1.26 bits per heavy atom. The minimum Gasteiger partial charge on any atom is -0.371 e. The summed E-state index contributed by atoms with van der Waals surface area (Å²) in [6, 6.07) is 12.6. The summed E-state index contributed by atoms with van der Waals surface area (Å²) in [6.45, 7) is 5.05. The number of nitrogens with zero attached hydrogens (tertiary/aromatic N) is 2. The molecule has 0 unspecified atom stereocenters. The highest BCUT2D eigenvalue weighted by molar-refractivity contribution is 7.80. The quantitative estimate of drug-likeness (QED) is 0.652. The molecule has 0 spiro atoms. The molecule has 2 aromatic rings. The van der Waals surface area contributed by atoms with Crippen LogP contribution >= 0.6 is 12.2 Å². The molecule has 2 heterocycles. The number of anilines is 2. The fraction of sp³-hybridized carbons (Fsp3) is 0.333. The first kappa shape index (κ1) is 15.7. The normalized spacial score (nSPS) is 12.8. The smallest absolute Gasteiger partial charge is 0.171 e. The fourth-order valence-electron chi connectivity index (χ4n) is 2.88. The van der Waals surface area contributed by atoms with Gasteiger partial charge in [0.2, 0.25) is 0 Å². The highest BCUT2D eigenvalue weighted by Crippen LogP contribution is 2.27. The van der Waals surface area contributed by atoms with Gasteiger partial charge in [0.25, 0.3) is 0 Å². The van der Waals surface area contributed by atoms with Crippen molar-refractivity contribution in [3.05, 3.63) is 53.7 Å². The third-order valence-corrected chi connectivity index (χ3v) is 4.36. The second kappa shape index (κ2) is 7.42. The average molecular weight is 326 g/mol. The van der Waals surface area contributed by atoms with Crippen molar-refractivity contribution in [3.8, 4) is 0 Å². The molecule has 1 aliphatic heterocycles. The molecule has 120 valence electrons. The van der Waals surface area contributed by atoms with Crippen molar-refractivity contribution >= 4 is 28.8 Å². The predicted molar refractivity (Wildman–Crippen MR) is 100 cm³/mol. The molecule has 0 radical (unpaired) electrons. The first-order valence-corrected chi connectivity index (χ1v) is 8.44. The highest BCUT2D eigenvalue weighted by atomic mass is 32.1. The molecule has 1 aliphatic rings. The van der Waals surface area contributed by atoms with Crippen molar-refractivity contribution in [2.75, 3.05) is 29.9 Å². The number of benzene rings is 1. The summed E-state index contributed by atoms with van der Waals surface area (Å²) in [5.74, 6) is 0.818. The molecule has 0 aliphatic carbocycles. The molecule has 1 aromatic carbocycles. The van der Waals surface area contributed by atoms with Crippen molar-refractivity contribution in [2.24, 2.45) is 0 Å². The lowest BCUT2D eigenvalue weighted by Crippen LogP contribution is -2.32. The molecule has 2 N–H and O–H groups in total. The molecule has 0 fully saturated rings. The third-order valence-electron chi connectivity index (χ3n) is 4.12. The number of hydrogen-bond donors (Lipinski definition) is 2. The lowest BCUT2D eigenvalue weighted by Gasteiger charge is -2.19. The second-order valence-electron chi connectivity index (χ2n) is 5.77. The second-order valence-corrected chi connectivity index (χ2v) is 6.18. The van der Waals surface area contributed by atoms with E-state index < -0.39 is 0 Å². The van der Waals surface area contributed by atoms with Gasteiger partial charge in [-0.15, -0.1) is 0 Å². The minimum atomic E-state index is 0.633. The van der Waals surface area contributed by atoms with Crippen LogP contribution in [0.3, 0.4) is 0 Å². The van der Waals surface area contributed by atoms with Crippen LogP contribution in [-0.2, 0) is 6.42 Å². The van der Waals surface area contributed by atoms with Gasteiger partial charge in [-0.1, -0.05) is 24.3 Å². The Balaban J connectivity index is 1.41. The van der Waals surface area contributed by atoms with E-state index in [0.717, 1.165) is 43.9 Å². The van der Waals surface area contributed by atoms with E-state index in [1.807, 2.05) is 19.1 Å². The Kier molecular flexibility index (Phi) is 5.08. The minimum absolute atomic E-state index is 0.633. The van der Waals surface area contributed by atoms with Gasteiger partial charge in [-0.05, 0) is 55.2 Å². The van der Waals surface area contributed by atoms with E-state index in [4.69, 9.17) is 12.2 Å². The number of fused-ring (bicyclic) bond motifs is 1. The molecule has 0 saturated heterocycles. The van der Waals surface area contributed by atoms with Crippen molar-refractivity contribution in [1.82, 2.24) is 10.3 Å². The van der Waals surface area contributed by atoms with Crippen molar-refractivity contribution < 1.29 is 0 Å². The Morgan fingerprint density at radius 2 is 2.13 bits per heavy atom. The van der Waals surface area contributed by atoms with Gasteiger partial charge < -0.3 is 15.5 Å². The van der Waals surface area contributed by atoms with Gasteiger partial charge in [-0.25, -0.2) is 4.98 Å². The van der Waals surface area contributed by atoms with E-state index >= 15 is 0 Å². The molecule has 3 rings (SSSR count). The summed E-state index contributed by atoms with van der Waals surface area (Å²) in [7, 11) is 0. The molecular weight excluding hydrogens is 304 g/mol. The first-order valence-electron chi connectivity index (χ1n) is 8.03. The Morgan fingerprint density at radius 3 is 3.00 bits per heavy atom. The number of rotatable bonds is 5. The maximum absolute atomic E-state index is 5.33. The van der Waals surface area contributed by atoms with Crippen LogP contribution < -0.4 is 15.5 Å². The Bertz CT molecular complexity index is 686. The van der Waals surface area contributed by atoms with Crippen molar-refractivity contribution in [3.63, 3.8) is 0 Å². The molecule has 0 bridgehead atoms. The average Bonchev–Trinajstić information content (AvgIpc) is 2.97. The van der Waals surface area contributed by atoms with Crippen LogP contribution in [-0.4, -0.2) is 29.7 Å². The first-order chi connectivity index (χ1) is 11.2. The zero-order valence-electron chi connectivity index (χ0n) is 13.4. The summed E-state index contributed by atoms with van der Waals surface area (Å²) in [5.41, 5.74) is 3.94. The number of pyridine rings is 1. The van der Waals surface area contributed by atoms with E-state index in [0.29, 0.717) is 5.11 Å². The lowest BCUT2D eigenvalue weighted by atomic mass is 10.2. The van der Waals surface area contributed by atoms with E-state index in [1.165, 1.54) is 11.3 Å². The topological polar surface area (TPSA) is 40.2 Å². The van der Waals surface area contributed by atoms with Gasteiger partial charge in [0.15, 0.2) is 5.11 Å². The van der Waals surface area contributed by atoms with Crippen LogP contribution in [0.1, 0.15) is 17.5 Å². The number of thiocarbonyl (C=S) groups is 1. The number of hydrogen-bond acceptors (Lipinski definition) is 3. The Labute approximate surface area is 142 Å². The molecule has 0 amide bonds. The summed E-state index contributed by atoms with van der Waals surface area (Å²) in [5, 5.41) is 7.04. The maximum atomic E-state index is 5.33. The zero-order chi connectivity index (χ0) is 16.1. The van der Waals surface area contributed by atoms with E-state index in [9.17, 15) is 0 Å². The highest BCUT2D eigenvalue weighted by Gasteiger charge is 2.17. The van der Waals surface area contributed by atoms with Gasteiger partial charge in [-0.2, -0.15) is 0 Å². The van der Waals surface area contributed by atoms with E-state index in [1.54, 1.807) is 6.20 Å². The summed E-state index contributed by atoms with van der Waals surface area (Å²) in [4.78, 5) is 6.74. The van der Waals surface area contributed by atoms with Crippen LogP contribution in [0.15, 0.2) is 42.6 Å². The molecule has 1 aromatic heterocycles. The number of aryl methyl sites for hydroxylation is 1. The largest absolute Gasteiger partial charge is 0.371 e. The molecule has 0 atom stereocenters. The van der Waals surface area contributed by atoms with Crippen LogP contribution in [0, 0.1) is 6.92 Å². The Hall–Kier alpha value is -2.14. The van der Waals surface area contributed by atoms with Crippen LogP contribution in [0.2, 0.25) is 0 Å². The number of nitrogens with one attached hydrogen (secondary N) is 2. The standard InChI is InChI=1S/C18H22N4S/c1-14-6-4-10-19-17(14)21-18(23)20-11-5-12-22-13-9-15-7-2-3-8-16(15)22/h2-4,6-8,10H,5,9,11-13H2,1H3,(H2,19,20,21,23). The van der Waals surface area contributed by atoms with Crippen LogP contribution in [0.25, 0.3) is 0 Å². The summed E-state index contributed by atoms with van der Waals surface area (Å²) in [6.07, 6.45) is 3.97. The van der Waals surface area contributed by atoms with E-state index in [-0.39, 0.29) is 0 Å². The van der Waals surface area contributed by atoms with Crippen molar-refractivity contribution in [1.29, 1.82) is 0 Å². The third kappa shape index (κ3) is 3.99. The SMILES string of the molecule is Cc1cccnc1NC(=S)NCCCN1CCc2ccccc21. The number of para-hydroxylation sites is 1. The van der Waals surface area contributed by atoms with Gasteiger partial charge in [0, 0.05) is 31.5 Å². The van der Waals surface area contributed by atoms with Crippen LogP contribution in [0.5, 0.6) is 0 Å². The molecule has 5 heteroatoms. The molecular formula is C18H22N4S.